The summed E-state index contributed by atoms with van der Waals surface area (Å²) in [5.74, 6) is 1.13. The number of nitrogens with one attached hydrogen (secondary N) is 2. The molecule has 0 aromatic carbocycles. The molecule has 126 valence electrons. The summed E-state index contributed by atoms with van der Waals surface area (Å²) in [7, 11) is 0. The Labute approximate surface area is 133 Å². The van der Waals surface area contributed by atoms with Crippen LogP contribution in [0.5, 0.6) is 0 Å². The van der Waals surface area contributed by atoms with E-state index in [0.29, 0.717) is 11.6 Å². The number of anilines is 3. The summed E-state index contributed by atoms with van der Waals surface area (Å²) in [6, 6.07) is 0.900. The van der Waals surface area contributed by atoms with Gasteiger partial charge in [0, 0.05) is 19.2 Å². The second-order valence-corrected chi connectivity index (χ2v) is 5.70. The summed E-state index contributed by atoms with van der Waals surface area (Å²) in [6.45, 7) is 3.60. The highest BCUT2D eigenvalue weighted by molar-refractivity contribution is 5.71. The van der Waals surface area contributed by atoms with Gasteiger partial charge in [-0.15, -0.1) is 0 Å². The van der Waals surface area contributed by atoms with Crippen LogP contribution in [0.3, 0.4) is 0 Å². The van der Waals surface area contributed by atoms with Gasteiger partial charge in [0.25, 0.3) is 5.78 Å². The summed E-state index contributed by atoms with van der Waals surface area (Å²) in [5.41, 5.74) is -0.467. The van der Waals surface area contributed by atoms with Gasteiger partial charge >= 0.3 is 6.18 Å². The molecule has 0 amide bonds. The molecule has 3 aromatic heterocycles. The predicted molar refractivity (Wildman–Crippen MR) is 78.9 cm³/mol. The van der Waals surface area contributed by atoms with Crippen molar-refractivity contribution in [2.24, 2.45) is 5.92 Å². The number of nitrogens with zero attached hydrogens (tertiary/aromatic N) is 6. The van der Waals surface area contributed by atoms with E-state index in [2.05, 4.69) is 37.7 Å². The molecule has 0 fully saturated rings. The van der Waals surface area contributed by atoms with Crippen molar-refractivity contribution in [3.8, 4) is 0 Å². The number of hydrogen-bond donors (Lipinski definition) is 2. The van der Waals surface area contributed by atoms with Gasteiger partial charge < -0.3 is 10.6 Å². The van der Waals surface area contributed by atoms with Crippen molar-refractivity contribution in [1.29, 1.82) is 0 Å². The van der Waals surface area contributed by atoms with Crippen molar-refractivity contribution in [3.05, 3.63) is 24.3 Å². The highest BCUT2D eigenvalue weighted by atomic mass is 19.4. The lowest BCUT2D eigenvalue weighted by atomic mass is 10.1. The molecule has 0 aliphatic carbocycles. The van der Waals surface area contributed by atoms with E-state index in [0.717, 1.165) is 31.3 Å². The van der Waals surface area contributed by atoms with Crippen LogP contribution in [0.4, 0.5) is 30.5 Å². The summed E-state index contributed by atoms with van der Waals surface area (Å²) >= 11 is 0. The normalized spacial score (nSPS) is 17.6. The Balaban J connectivity index is 1.76. The molecule has 0 saturated carbocycles. The third-order valence-electron chi connectivity index (χ3n) is 3.75. The first-order chi connectivity index (χ1) is 11.4. The molecule has 1 atom stereocenters. The van der Waals surface area contributed by atoms with Crippen LogP contribution in [-0.2, 0) is 12.7 Å². The maximum atomic E-state index is 13.0. The molecule has 4 rings (SSSR count). The van der Waals surface area contributed by atoms with Crippen molar-refractivity contribution in [1.82, 2.24) is 29.4 Å². The predicted octanol–water partition coefficient (Wildman–Crippen LogP) is 2.14. The van der Waals surface area contributed by atoms with Gasteiger partial charge in [0.05, 0.1) is 6.20 Å². The number of alkyl halides is 3. The second kappa shape index (κ2) is 5.08. The Morgan fingerprint density at radius 2 is 2.17 bits per heavy atom. The standard InChI is InChI=1S/C13H13F3N8/c1-7-3-17-11-8(4-19-23(11)5-7)21-10-2-9(13(14,15)16)22-12-18-6-20-24(10)12/h2,4,6-7,17,21H,3,5H2,1H3/t7-/m0/s1. The first kappa shape index (κ1) is 14.7. The number of halogens is 3. The molecule has 4 heterocycles. The lowest BCUT2D eigenvalue weighted by molar-refractivity contribution is -0.141. The van der Waals surface area contributed by atoms with Crippen LogP contribution in [0, 0.1) is 5.92 Å². The molecule has 0 spiro atoms. The van der Waals surface area contributed by atoms with Gasteiger partial charge in [-0.2, -0.15) is 32.9 Å². The van der Waals surface area contributed by atoms with E-state index in [1.165, 1.54) is 4.52 Å². The quantitative estimate of drug-likeness (QED) is 0.745. The maximum Gasteiger partial charge on any atom is 0.433 e. The number of hydrogen-bond acceptors (Lipinski definition) is 6. The van der Waals surface area contributed by atoms with Gasteiger partial charge in [0.1, 0.15) is 23.7 Å². The van der Waals surface area contributed by atoms with Gasteiger partial charge in [0.2, 0.25) is 0 Å². The van der Waals surface area contributed by atoms with Crippen molar-refractivity contribution in [2.75, 3.05) is 17.2 Å². The molecule has 3 aromatic rings. The molecule has 1 aliphatic rings. The molecule has 0 bridgehead atoms. The third-order valence-corrected chi connectivity index (χ3v) is 3.75. The van der Waals surface area contributed by atoms with E-state index in [4.69, 9.17) is 0 Å². The highest BCUT2D eigenvalue weighted by Crippen LogP contribution is 2.32. The van der Waals surface area contributed by atoms with Crippen LogP contribution >= 0.6 is 0 Å². The van der Waals surface area contributed by atoms with Crippen LogP contribution in [-0.4, -0.2) is 35.9 Å². The Hall–Kier alpha value is -2.85. The van der Waals surface area contributed by atoms with Gasteiger partial charge in [0.15, 0.2) is 5.69 Å². The zero-order valence-electron chi connectivity index (χ0n) is 12.5. The molecule has 8 nitrogen and oxygen atoms in total. The Bertz CT molecular complexity index is 896. The Kier molecular flexibility index (Phi) is 3.11. The molecule has 0 radical (unpaired) electrons. The van der Waals surface area contributed by atoms with Gasteiger partial charge in [-0.05, 0) is 5.92 Å². The summed E-state index contributed by atoms with van der Waals surface area (Å²) in [5, 5.41) is 14.3. The van der Waals surface area contributed by atoms with E-state index < -0.39 is 11.9 Å². The van der Waals surface area contributed by atoms with E-state index >= 15 is 0 Å². The molecule has 1 aliphatic heterocycles. The van der Waals surface area contributed by atoms with Crippen LogP contribution in [0.1, 0.15) is 12.6 Å². The average molecular weight is 338 g/mol. The minimum atomic E-state index is -4.57. The highest BCUT2D eigenvalue weighted by Gasteiger charge is 2.34. The smallest absolute Gasteiger partial charge is 0.368 e. The lowest BCUT2D eigenvalue weighted by Gasteiger charge is -2.22. The number of aromatic nitrogens is 6. The number of fused-ring (bicyclic) bond motifs is 2. The molecule has 11 heteroatoms. The van der Waals surface area contributed by atoms with Crippen LogP contribution in [0.2, 0.25) is 0 Å². The van der Waals surface area contributed by atoms with E-state index in [1.54, 1.807) is 10.9 Å². The van der Waals surface area contributed by atoms with E-state index in [9.17, 15) is 13.2 Å². The van der Waals surface area contributed by atoms with Crippen molar-refractivity contribution >= 4 is 23.1 Å². The van der Waals surface area contributed by atoms with Crippen LogP contribution < -0.4 is 10.6 Å². The van der Waals surface area contributed by atoms with Gasteiger partial charge in [-0.3, -0.25) is 0 Å². The average Bonchev–Trinajstić information content (AvgIpc) is 3.13. The summed E-state index contributed by atoms with van der Waals surface area (Å²) < 4.78 is 42.1. The molecular weight excluding hydrogens is 325 g/mol. The fraction of sp³-hybridized carbons (Fsp3) is 0.385. The Morgan fingerprint density at radius 3 is 2.96 bits per heavy atom. The molecule has 0 unspecified atom stereocenters. The first-order valence-corrected chi connectivity index (χ1v) is 7.26. The molecular formula is C13H13F3N8. The zero-order chi connectivity index (χ0) is 16.9. The van der Waals surface area contributed by atoms with E-state index in [-0.39, 0.29) is 11.6 Å². The van der Waals surface area contributed by atoms with Gasteiger partial charge in [-0.1, -0.05) is 6.92 Å². The molecule has 2 N–H and O–H groups in total. The molecule has 24 heavy (non-hydrogen) atoms. The lowest BCUT2D eigenvalue weighted by Crippen LogP contribution is -2.26. The second-order valence-electron chi connectivity index (χ2n) is 5.70. The maximum absolute atomic E-state index is 13.0. The largest absolute Gasteiger partial charge is 0.433 e. The summed E-state index contributed by atoms with van der Waals surface area (Å²) in [4.78, 5) is 7.23. The topological polar surface area (TPSA) is 85.0 Å². The van der Waals surface area contributed by atoms with Crippen molar-refractivity contribution < 1.29 is 13.2 Å². The summed E-state index contributed by atoms with van der Waals surface area (Å²) in [6.07, 6.45) is -1.85. The fourth-order valence-electron chi connectivity index (χ4n) is 2.62. The van der Waals surface area contributed by atoms with E-state index in [1.807, 2.05) is 0 Å². The minimum Gasteiger partial charge on any atom is -0.368 e. The Morgan fingerprint density at radius 1 is 1.33 bits per heavy atom. The third kappa shape index (κ3) is 2.41. The minimum absolute atomic E-state index is 0.112. The molecule has 0 saturated heterocycles. The SMILES string of the molecule is C[C@H]1CNc2c(Nc3cc(C(F)(F)F)nc4ncnn34)cnn2C1. The zero-order valence-corrected chi connectivity index (χ0v) is 12.5. The first-order valence-electron chi connectivity index (χ1n) is 7.26. The van der Waals surface area contributed by atoms with Gasteiger partial charge in [-0.25, -0.2) is 9.67 Å². The van der Waals surface area contributed by atoms with Crippen molar-refractivity contribution in [2.45, 2.75) is 19.6 Å². The van der Waals surface area contributed by atoms with Crippen LogP contribution in [0.15, 0.2) is 18.6 Å². The fourth-order valence-corrected chi connectivity index (χ4v) is 2.62. The number of rotatable bonds is 2. The van der Waals surface area contributed by atoms with Crippen LogP contribution in [0.25, 0.3) is 5.78 Å². The van der Waals surface area contributed by atoms with Crippen molar-refractivity contribution in [3.63, 3.8) is 0 Å². The monoisotopic (exact) mass is 338 g/mol.